The summed E-state index contributed by atoms with van der Waals surface area (Å²) in [6.45, 7) is 3.68. The number of rotatable bonds is 1. The highest BCUT2D eigenvalue weighted by atomic mass is 15.2. The first-order valence-electron chi connectivity index (χ1n) is 5.48. The second kappa shape index (κ2) is 3.02. The normalized spacial score (nSPS) is 43.0. The van der Waals surface area contributed by atoms with E-state index in [1.807, 2.05) is 0 Å². The van der Waals surface area contributed by atoms with Crippen molar-refractivity contribution in [3.63, 3.8) is 0 Å². The summed E-state index contributed by atoms with van der Waals surface area (Å²) in [4.78, 5) is 2.58. The van der Waals surface area contributed by atoms with E-state index >= 15 is 0 Å². The molecule has 1 aliphatic heterocycles. The van der Waals surface area contributed by atoms with Crippen molar-refractivity contribution < 1.29 is 0 Å². The van der Waals surface area contributed by atoms with Gasteiger partial charge in [0, 0.05) is 12.1 Å². The standard InChI is InChI=1S/C11H21N/c1-3-10-4-6-11(7-5-10)8-9-12(11)2/h10H,3-9H2,1-2H3. The van der Waals surface area contributed by atoms with E-state index in [0.717, 1.165) is 5.92 Å². The zero-order chi connectivity index (χ0) is 8.60. The summed E-state index contributed by atoms with van der Waals surface area (Å²) >= 11 is 0. The zero-order valence-corrected chi connectivity index (χ0v) is 8.47. The van der Waals surface area contributed by atoms with E-state index in [-0.39, 0.29) is 0 Å². The molecule has 0 atom stereocenters. The molecule has 1 saturated heterocycles. The number of nitrogens with zero attached hydrogens (tertiary/aromatic N) is 1. The smallest absolute Gasteiger partial charge is 0.0218 e. The van der Waals surface area contributed by atoms with E-state index in [1.165, 1.54) is 45.1 Å². The predicted molar refractivity (Wildman–Crippen MR) is 52.2 cm³/mol. The molecule has 1 saturated carbocycles. The van der Waals surface area contributed by atoms with Gasteiger partial charge in [-0.2, -0.15) is 0 Å². The Kier molecular flexibility index (Phi) is 2.16. The molecule has 1 heterocycles. The van der Waals surface area contributed by atoms with Crippen LogP contribution in [0.5, 0.6) is 0 Å². The minimum absolute atomic E-state index is 0.672. The lowest BCUT2D eigenvalue weighted by atomic mass is 9.69. The minimum Gasteiger partial charge on any atom is -0.301 e. The molecule has 0 N–H and O–H groups in total. The fourth-order valence-corrected chi connectivity index (χ4v) is 2.91. The summed E-state index contributed by atoms with van der Waals surface area (Å²) < 4.78 is 0. The largest absolute Gasteiger partial charge is 0.301 e. The molecule has 1 nitrogen and oxygen atoms in total. The van der Waals surface area contributed by atoms with Gasteiger partial charge in [0.2, 0.25) is 0 Å². The first kappa shape index (κ1) is 8.55. The van der Waals surface area contributed by atoms with Gasteiger partial charge in [-0.3, -0.25) is 0 Å². The monoisotopic (exact) mass is 167 g/mol. The highest BCUT2D eigenvalue weighted by molar-refractivity contribution is 5.00. The van der Waals surface area contributed by atoms with Crippen LogP contribution in [0.25, 0.3) is 0 Å². The van der Waals surface area contributed by atoms with Crippen molar-refractivity contribution in [2.75, 3.05) is 13.6 Å². The van der Waals surface area contributed by atoms with Gasteiger partial charge in [-0.15, -0.1) is 0 Å². The lowest BCUT2D eigenvalue weighted by Gasteiger charge is -2.54. The molecule has 0 aromatic carbocycles. The zero-order valence-electron chi connectivity index (χ0n) is 8.47. The van der Waals surface area contributed by atoms with Crippen LogP contribution in [0.4, 0.5) is 0 Å². The summed E-state index contributed by atoms with van der Waals surface area (Å²) in [5.41, 5.74) is 0.672. The first-order valence-corrected chi connectivity index (χ1v) is 5.48. The average Bonchev–Trinajstić information content (AvgIpc) is 2.16. The van der Waals surface area contributed by atoms with E-state index in [4.69, 9.17) is 0 Å². The van der Waals surface area contributed by atoms with Crippen LogP contribution in [0.1, 0.15) is 45.4 Å². The Morgan fingerprint density at radius 3 is 2.25 bits per heavy atom. The molecule has 0 radical (unpaired) electrons. The van der Waals surface area contributed by atoms with Crippen LogP contribution < -0.4 is 0 Å². The van der Waals surface area contributed by atoms with Crippen LogP contribution in [-0.4, -0.2) is 24.0 Å². The van der Waals surface area contributed by atoms with Crippen molar-refractivity contribution in [1.29, 1.82) is 0 Å². The molecule has 12 heavy (non-hydrogen) atoms. The highest BCUT2D eigenvalue weighted by Gasteiger charge is 2.43. The Morgan fingerprint density at radius 2 is 1.92 bits per heavy atom. The summed E-state index contributed by atoms with van der Waals surface area (Å²) in [6, 6.07) is 0. The van der Waals surface area contributed by atoms with Gasteiger partial charge in [0.05, 0.1) is 0 Å². The molecule has 70 valence electrons. The summed E-state index contributed by atoms with van der Waals surface area (Å²) in [5.74, 6) is 1.05. The van der Waals surface area contributed by atoms with Gasteiger partial charge in [-0.05, 0) is 45.1 Å². The summed E-state index contributed by atoms with van der Waals surface area (Å²) in [7, 11) is 2.30. The number of hydrogen-bond acceptors (Lipinski definition) is 1. The second-order valence-corrected chi connectivity index (χ2v) is 4.75. The van der Waals surface area contributed by atoms with E-state index in [2.05, 4.69) is 18.9 Å². The average molecular weight is 167 g/mol. The molecule has 1 heteroatoms. The van der Waals surface area contributed by atoms with Crippen molar-refractivity contribution in [2.45, 2.75) is 51.0 Å². The van der Waals surface area contributed by atoms with Gasteiger partial charge in [0.15, 0.2) is 0 Å². The Bertz CT molecular complexity index is 156. The maximum absolute atomic E-state index is 2.58. The molecule has 2 aliphatic rings. The lowest BCUT2D eigenvalue weighted by Crippen LogP contribution is -2.59. The molecular formula is C11H21N. The van der Waals surface area contributed by atoms with Gasteiger partial charge in [-0.1, -0.05) is 13.3 Å². The van der Waals surface area contributed by atoms with Gasteiger partial charge < -0.3 is 4.90 Å². The fourth-order valence-electron chi connectivity index (χ4n) is 2.91. The maximum atomic E-state index is 2.58. The Hall–Kier alpha value is -0.0400. The third kappa shape index (κ3) is 1.19. The molecule has 1 aliphatic carbocycles. The highest BCUT2D eigenvalue weighted by Crippen LogP contribution is 2.44. The Morgan fingerprint density at radius 1 is 1.25 bits per heavy atom. The van der Waals surface area contributed by atoms with Crippen LogP contribution in [0.15, 0.2) is 0 Å². The van der Waals surface area contributed by atoms with Crippen LogP contribution >= 0.6 is 0 Å². The van der Waals surface area contributed by atoms with E-state index < -0.39 is 0 Å². The van der Waals surface area contributed by atoms with Crippen LogP contribution in [-0.2, 0) is 0 Å². The minimum atomic E-state index is 0.672. The van der Waals surface area contributed by atoms with Crippen molar-refractivity contribution in [3.8, 4) is 0 Å². The molecule has 2 fully saturated rings. The molecule has 0 bridgehead atoms. The quantitative estimate of drug-likeness (QED) is 0.580. The Labute approximate surface area is 76.1 Å². The fraction of sp³-hybridized carbons (Fsp3) is 1.00. The molecule has 0 unspecified atom stereocenters. The maximum Gasteiger partial charge on any atom is 0.0218 e. The summed E-state index contributed by atoms with van der Waals surface area (Å²) in [5, 5.41) is 0. The van der Waals surface area contributed by atoms with Crippen molar-refractivity contribution in [3.05, 3.63) is 0 Å². The SMILES string of the molecule is CCC1CCC2(CC1)CCN2C. The first-order chi connectivity index (χ1) is 5.77. The van der Waals surface area contributed by atoms with Crippen LogP contribution in [0.2, 0.25) is 0 Å². The van der Waals surface area contributed by atoms with E-state index in [9.17, 15) is 0 Å². The topological polar surface area (TPSA) is 3.24 Å². The van der Waals surface area contributed by atoms with Gasteiger partial charge in [-0.25, -0.2) is 0 Å². The molecule has 0 aromatic heterocycles. The third-order valence-electron chi connectivity index (χ3n) is 4.34. The van der Waals surface area contributed by atoms with Gasteiger partial charge >= 0.3 is 0 Å². The molecule has 0 amide bonds. The van der Waals surface area contributed by atoms with Gasteiger partial charge in [0.25, 0.3) is 0 Å². The second-order valence-electron chi connectivity index (χ2n) is 4.75. The van der Waals surface area contributed by atoms with Crippen LogP contribution in [0, 0.1) is 5.92 Å². The third-order valence-corrected chi connectivity index (χ3v) is 4.34. The lowest BCUT2D eigenvalue weighted by molar-refractivity contribution is -0.0305. The predicted octanol–water partition coefficient (Wildman–Crippen LogP) is 2.66. The van der Waals surface area contributed by atoms with Crippen molar-refractivity contribution >= 4 is 0 Å². The molecule has 2 rings (SSSR count). The summed E-state index contributed by atoms with van der Waals surface area (Å²) in [6.07, 6.45) is 8.80. The van der Waals surface area contributed by atoms with E-state index in [1.54, 1.807) is 0 Å². The molecule has 1 spiro atoms. The van der Waals surface area contributed by atoms with Crippen molar-refractivity contribution in [2.24, 2.45) is 5.92 Å². The molecule has 0 aromatic rings. The van der Waals surface area contributed by atoms with E-state index in [0.29, 0.717) is 5.54 Å². The van der Waals surface area contributed by atoms with Gasteiger partial charge in [0.1, 0.15) is 0 Å². The number of likely N-dealkylation sites (tertiary alicyclic amines) is 1. The van der Waals surface area contributed by atoms with Crippen LogP contribution in [0.3, 0.4) is 0 Å². The Balaban J connectivity index is 1.89. The molecular weight excluding hydrogens is 146 g/mol. The number of hydrogen-bond donors (Lipinski definition) is 0. The van der Waals surface area contributed by atoms with Crippen molar-refractivity contribution in [1.82, 2.24) is 4.90 Å².